The van der Waals surface area contributed by atoms with Crippen LogP contribution in [0.4, 0.5) is 26.3 Å². The number of allylic oxidation sites excluding steroid dienone is 2. The summed E-state index contributed by atoms with van der Waals surface area (Å²) in [6.45, 7) is 17.0. The van der Waals surface area contributed by atoms with Crippen LogP contribution in [0.2, 0.25) is 0 Å². The largest absolute Gasteiger partial charge is 0.481 e. The zero-order chi connectivity index (χ0) is 35.6. The quantitative estimate of drug-likeness (QED) is 0.197. The number of ketones is 1. The van der Waals surface area contributed by atoms with Gasteiger partial charge >= 0.3 is 18.3 Å². The molecule has 5 fully saturated rings. The van der Waals surface area contributed by atoms with Crippen molar-refractivity contribution in [2.45, 2.75) is 112 Å². The molecule has 1 aromatic carbocycles. The second-order valence-electron chi connectivity index (χ2n) is 17.4. The zero-order valence-electron chi connectivity index (χ0n) is 28.8. The number of carboxylic acids is 1. The molecule has 0 bridgehead atoms. The van der Waals surface area contributed by atoms with Crippen LogP contribution < -0.4 is 0 Å². The maximum Gasteiger partial charge on any atom is 0.416 e. The van der Waals surface area contributed by atoms with E-state index in [4.69, 9.17) is 0 Å². The molecule has 0 aromatic heterocycles. The lowest BCUT2D eigenvalue weighted by atomic mass is 9.32. The van der Waals surface area contributed by atoms with E-state index in [0.717, 1.165) is 44.1 Å². The molecule has 0 heterocycles. The van der Waals surface area contributed by atoms with Gasteiger partial charge in [-0.1, -0.05) is 46.8 Å². The van der Waals surface area contributed by atoms with Crippen LogP contribution in [0.15, 0.2) is 35.9 Å². The molecular formula is C39H48F6O3. The lowest BCUT2D eigenvalue weighted by Gasteiger charge is -2.72. The minimum Gasteiger partial charge on any atom is -0.481 e. The van der Waals surface area contributed by atoms with Gasteiger partial charge < -0.3 is 5.11 Å². The Labute approximate surface area is 279 Å². The summed E-state index contributed by atoms with van der Waals surface area (Å²) < 4.78 is 82.3. The third-order valence-electron chi connectivity index (χ3n) is 15.0. The molecule has 5 aliphatic rings. The van der Waals surface area contributed by atoms with Crippen molar-refractivity contribution in [3.63, 3.8) is 0 Å². The van der Waals surface area contributed by atoms with Crippen LogP contribution >= 0.6 is 0 Å². The highest BCUT2D eigenvalue weighted by atomic mass is 19.4. The Kier molecular flexibility index (Phi) is 7.87. The Bertz CT molecular complexity index is 1550. The van der Waals surface area contributed by atoms with Gasteiger partial charge in [-0.15, -0.1) is 0 Å². The van der Waals surface area contributed by atoms with Crippen molar-refractivity contribution < 1.29 is 41.0 Å². The van der Waals surface area contributed by atoms with Gasteiger partial charge in [0.1, 0.15) is 0 Å². The van der Waals surface area contributed by atoms with E-state index in [2.05, 4.69) is 27.4 Å². The number of carbonyl (C=O) groups is 2. The van der Waals surface area contributed by atoms with Crippen LogP contribution in [-0.2, 0) is 21.9 Å². The van der Waals surface area contributed by atoms with Gasteiger partial charge in [-0.25, -0.2) is 0 Å². The minimum atomic E-state index is -4.98. The zero-order valence-corrected chi connectivity index (χ0v) is 28.8. The topological polar surface area (TPSA) is 54.4 Å². The number of alkyl halides is 6. The van der Waals surface area contributed by atoms with E-state index in [9.17, 15) is 41.0 Å². The molecular weight excluding hydrogens is 630 g/mol. The van der Waals surface area contributed by atoms with Crippen LogP contribution in [-0.4, -0.2) is 16.9 Å². The Morgan fingerprint density at radius 2 is 1.44 bits per heavy atom. The molecule has 0 unspecified atom stereocenters. The standard InChI is InChI=1S/C39H48F6O3/c1-21(2)26-10-13-37(32(47)48)15-14-35(6)27(30(26)37)8-9-29-34(5)20-23(31(46)33(3,4)28(34)11-12-36(29,35)7)16-22-17-24(38(40,41)42)19-25(18-22)39(43,44)45/h16-19,26-30H,1,8-15,20H2,2-7H3,(H,47,48)/b23-16-/t26-,27+,28-,29+,30+,34-,35+,36+,37-/m0/s1. The number of hydrogen-bond acceptors (Lipinski definition) is 2. The monoisotopic (exact) mass is 678 g/mol. The first kappa shape index (κ1) is 35.3. The van der Waals surface area contributed by atoms with Crippen molar-refractivity contribution in [2.24, 2.45) is 56.7 Å². The highest BCUT2D eigenvalue weighted by Crippen LogP contribution is 2.77. The average Bonchev–Trinajstić information content (AvgIpc) is 3.37. The fourth-order valence-electron chi connectivity index (χ4n) is 12.8. The molecule has 1 aromatic rings. The Hall–Kier alpha value is -2.58. The Morgan fingerprint density at radius 3 is 1.98 bits per heavy atom. The average molecular weight is 679 g/mol. The van der Waals surface area contributed by atoms with Gasteiger partial charge in [0.25, 0.3) is 0 Å². The van der Waals surface area contributed by atoms with Crippen LogP contribution in [0.3, 0.4) is 0 Å². The summed E-state index contributed by atoms with van der Waals surface area (Å²) >= 11 is 0. The van der Waals surface area contributed by atoms with Crippen molar-refractivity contribution >= 4 is 17.8 Å². The number of benzene rings is 1. The first-order valence-corrected chi connectivity index (χ1v) is 17.4. The molecule has 0 amide bonds. The summed E-state index contributed by atoms with van der Waals surface area (Å²) in [5, 5.41) is 10.6. The predicted octanol–water partition coefficient (Wildman–Crippen LogP) is 11.0. The number of aliphatic carboxylic acids is 1. The molecule has 264 valence electrons. The molecule has 9 atom stereocenters. The van der Waals surface area contributed by atoms with E-state index in [0.29, 0.717) is 25.0 Å². The molecule has 0 radical (unpaired) electrons. The molecule has 5 aliphatic carbocycles. The normalized spacial score (nSPS) is 41.6. The molecule has 9 heteroatoms. The third kappa shape index (κ3) is 4.81. The maximum atomic E-state index is 14.1. The lowest BCUT2D eigenvalue weighted by Crippen LogP contribution is -2.67. The van der Waals surface area contributed by atoms with E-state index in [-0.39, 0.29) is 69.8 Å². The van der Waals surface area contributed by atoms with Gasteiger partial charge in [0, 0.05) is 5.41 Å². The SMILES string of the molecule is C=C(C)[C@@H]1CC[C@]2(C(=O)O)CC[C@]3(C)[C@H](CC[C@@H]4[C@@]5(C)C/C(=C/c6cc(C(F)(F)F)cc(C(F)(F)F)c6)C(=O)C(C)(C)[C@@H]5CC[C@]43C)[C@@H]12. The summed E-state index contributed by atoms with van der Waals surface area (Å²) in [4.78, 5) is 27.0. The Balaban J connectivity index is 1.43. The smallest absolute Gasteiger partial charge is 0.416 e. The first-order valence-electron chi connectivity index (χ1n) is 17.4. The number of carboxylic acid groups (broad SMARTS) is 1. The van der Waals surface area contributed by atoms with Crippen molar-refractivity contribution in [3.05, 3.63) is 52.6 Å². The molecule has 1 N–H and O–H groups in total. The summed E-state index contributed by atoms with van der Waals surface area (Å²) in [5.74, 6) is -0.477. The van der Waals surface area contributed by atoms with E-state index >= 15 is 0 Å². The van der Waals surface area contributed by atoms with E-state index < -0.39 is 45.7 Å². The molecule has 0 spiro atoms. The van der Waals surface area contributed by atoms with Gasteiger partial charge in [-0.2, -0.15) is 26.3 Å². The van der Waals surface area contributed by atoms with Crippen LogP contribution in [0.1, 0.15) is 116 Å². The van der Waals surface area contributed by atoms with Gasteiger partial charge in [-0.05, 0) is 146 Å². The molecule has 6 rings (SSSR count). The number of rotatable bonds is 3. The summed E-state index contributed by atoms with van der Waals surface area (Å²) in [5.41, 5.74) is -4.21. The summed E-state index contributed by atoms with van der Waals surface area (Å²) in [6, 6.07) is 1.51. The maximum absolute atomic E-state index is 14.1. The van der Waals surface area contributed by atoms with Gasteiger partial charge in [0.2, 0.25) is 0 Å². The van der Waals surface area contributed by atoms with Crippen molar-refractivity contribution in [2.75, 3.05) is 0 Å². The molecule has 3 nitrogen and oxygen atoms in total. The van der Waals surface area contributed by atoms with Crippen molar-refractivity contribution in [3.8, 4) is 0 Å². The minimum absolute atomic E-state index is 0.00174. The fraction of sp³-hybridized carbons (Fsp3) is 0.692. The summed E-state index contributed by atoms with van der Waals surface area (Å²) in [6.07, 6.45) is -2.21. The Morgan fingerprint density at radius 1 is 0.833 bits per heavy atom. The predicted molar refractivity (Wildman–Crippen MR) is 171 cm³/mol. The van der Waals surface area contributed by atoms with Crippen LogP contribution in [0, 0.1) is 56.7 Å². The van der Waals surface area contributed by atoms with Crippen molar-refractivity contribution in [1.29, 1.82) is 0 Å². The third-order valence-corrected chi connectivity index (χ3v) is 15.0. The number of carbonyl (C=O) groups excluding carboxylic acids is 1. The molecule has 0 saturated heterocycles. The molecule has 5 saturated carbocycles. The fourth-order valence-corrected chi connectivity index (χ4v) is 12.8. The second-order valence-corrected chi connectivity index (χ2v) is 17.4. The highest BCUT2D eigenvalue weighted by Gasteiger charge is 2.72. The summed E-state index contributed by atoms with van der Waals surface area (Å²) in [7, 11) is 0. The van der Waals surface area contributed by atoms with Crippen LogP contribution in [0.5, 0.6) is 0 Å². The van der Waals surface area contributed by atoms with Gasteiger partial charge in [0.05, 0.1) is 16.5 Å². The highest BCUT2D eigenvalue weighted by molar-refractivity contribution is 6.04. The lowest BCUT2D eigenvalue weighted by molar-refractivity contribution is -0.231. The van der Waals surface area contributed by atoms with E-state index in [1.807, 2.05) is 20.8 Å². The number of hydrogen-bond donors (Lipinski definition) is 1. The molecule has 0 aliphatic heterocycles. The number of Topliss-reactive ketones (excluding diaryl/α,β-unsaturated/α-hetero) is 1. The second kappa shape index (κ2) is 10.7. The van der Waals surface area contributed by atoms with Crippen LogP contribution in [0.25, 0.3) is 6.08 Å². The van der Waals surface area contributed by atoms with E-state index in [1.165, 1.54) is 6.08 Å². The number of halogens is 6. The van der Waals surface area contributed by atoms with Gasteiger partial charge in [-0.3, -0.25) is 9.59 Å². The number of fused-ring (bicyclic) bond motifs is 7. The first-order chi connectivity index (χ1) is 21.9. The van der Waals surface area contributed by atoms with Gasteiger partial charge in [0.15, 0.2) is 5.78 Å². The molecule has 48 heavy (non-hydrogen) atoms. The van der Waals surface area contributed by atoms with Crippen molar-refractivity contribution in [1.82, 2.24) is 0 Å². The van der Waals surface area contributed by atoms with E-state index in [1.54, 1.807) is 0 Å².